The molecule has 1 aliphatic heterocycles. The van der Waals surface area contributed by atoms with Crippen LogP contribution < -0.4 is 5.01 Å². The number of carbonyl (C=O) groups excluding carboxylic acids is 2. The van der Waals surface area contributed by atoms with Gasteiger partial charge in [0.15, 0.2) is 5.78 Å². The molecule has 0 radical (unpaired) electrons. The molecule has 0 amide bonds. The number of benzene rings is 1. The molecule has 0 bridgehead atoms. The number of hydrogen-bond donors (Lipinski definition) is 0. The van der Waals surface area contributed by atoms with Crippen molar-refractivity contribution in [3.05, 3.63) is 28.7 Å². The first kappa shape index (κ1) is 14.7. The van der Waals surface area contributed by atoms with Crippen LogP contribution in [0.3, 0.4) is 0 Å². The summed E-state index contributed by atoms with van der Waals surface area (Å²) in [5, 5.41) is 5.91. The van der Waals surface area contributed by atoms with E-state index in [0.717, 1.165) is 10.2 Å². The number of hydrazone groups is 1. The molecular formula is C14H15BrN2O3. The van der Waals surface area contributed by atoms with E-state index in [9.17, 15) is 9.59 Å². The van der Waals surface area contributed by atoms with E-state index in [0.29, 0.717) is 13.2 Å². The van der Waals surface area contributed by atoms with Crippen molar-refractivity contribution in [2.24, 2.45) is 11.0 Å². The van der Waals surface area contributed by atoms with Crippen LogP contribution in [0.4, 0.5) is 5.69 Å². The van der Waals surface area contributed by atoms with Gasteiger partial charge in [-0.1, -0.05) is 15.9 Å². The Balaban J connectivity index is 2.24. The third-order valence-electron chi connectivity index (χ3n) is 2.97. The number of ether oxygens (including phenoxy) is 1. The average molecular weight is 339 g/mol. The summed E-state index contributed by atoms with van der Waals surface area (Å²) in [4.78, 5) is 23.5. The van der Waals surface area contributed by atoms with Gasteiger partial charge in [-0.2, -0.15) is 5.10 Å². The number of hydrogen-bond acceptors (Lipinski definition) is 5. The summed E-state index contributed by atoms with van der Waals surface area (Å²) in [5.41, 5.74) is 1.09. The molecular weight excluding hydrogens is 324 g/mol. The van der Waals surface area contributed by atoms with E-state index in [2.05, 4.69) is 21.0 Å². The van der Waals surface area contributed by atoms with Gasteiger partial charge in [-0.25, -0.2) is 0 Å². The number of anilines is 1. The summed E-state index contributed by atoms with van der Waals surface area (Å²) >= 11 is 3.36. The largest absolute Gasteiger partial charge is 0.465 e. The van der Waals surface area contributed by atoms with Crippen molar-refractivity contribution >= 4 is 39.1 Å². The molecule has 1 aromatic rings. The Kier molecular flexibility index (Phi) is 4.54. The zero-order valence-corrected chi connectivity index (χ0v) is 12.9. The zero-order valence-electron chi connectivity index (χ0n) is 11.3. The molecule has 0 spiro atoms. The van der Waals surface area contributed by atoms with E-state index in [1.54, 1.807) is 11.9 Å². The van der Waals surface area contributed by atoms with Gasteiger partial charge < -0.3 is 4.74 Å². The maximum absolute atomic E-state index is 11.9. The van der Waals surface area contributed by atoms with Gasteiger partial charge in [0, 0.05) is 11.4 Å². The molecule has 0 aromatic heterocycles. The predicted molar refractivity (Wildman–Crippen MR) is 79.7 cm³/mol. The topological polar surface area (TPSA) is 59.0 Å². The summed E-state index contributed by atoms with van der Waals surface area (Å²) in [6, 6.07) is 7.52. The van der Waals surface area contributed by atoms with Gasteiger partial charge in [-0.15, -0.1) is 0 Å². The summed E-state index contributed by atoms with van der Waals surface area (Å²) in [6.07, 6.45) is 0. The normalized spacial score (nSPS) is 17.9. The van der Waals surface area contributed by atoms with Crippen LogP contribution in [0.2, 0.25) is 0 Å². The summed E-state index contributed by atoms with van der Waals surface area (Å²) in [7, 11) is 0. The van der Waals surface area contributed by atoms with Crippen LogP contribution in [0.25, 0.3) is 0 Å². The molecule has 5 nitrogen and oxygen atoms in total. The lowest BCUT2D eigenvalue weighted by molar-refractivity contribution is -0.145. The number of rotatable bonds is 4. The second kappa shape index (κ2) is 6.17. The Hall–Kier alpha value is -1.69. The molecule has 1 atom stereocenters. The highest BCUT2D eigenvalue weighted by molar-refractivity contribution is 9.10. The van der Waals surface area contributed by atoms with Gasteiger partial charge in [-0.3, -0.25) is 14.6 Å². The van der Waals surface area contributed by atoms with Crippen molar-refractivity contribution in [2.75, 3.05) is 18.2 Å². The number of halogens is 1. The van der Waals surface area contributed by atoms with Crippen molar-refractivity contribution in [1.82, 2.24) is 0 Å². The van der Waals surface area contributed by atoms with E-state index < -0.39 is 11.9 Å². The SMILES string of the molecule is CCOC(=O)[C@@H]1CN(c2ccc(Br)cc2)N=C1C(C)=O. The molecule has 0 saturated heterocycles. The van der Waals surface area contributed by atoms with Gasteiger partial charge in [0.2, 0.25) is 0 Å². The minimum atomic E-state index is -0.615. The van der Waals surface area contributed by atoms with E-state index in [-0.39, 0.29) is 11.5 Å². The third kappa shape index (κ3) is 3.07. The Morgan fingerprint density at radius 3 is 2.60 bits per heavy atom. The predicted octanol–water partition coefficient (Wildman–Crippen LogP) is 2.39. The average Bonchev–Trinajstić information content (AvgIpc) is 2.85. The Labute approximate surface area is 125 Å². The lowest BCUT2D eigenvalue weighted by Gasteiger charge is -2.15. The second-order valence-electron chi connectivity index (χ2n) is 4.40. The maximum atomic E-state index is 11.9. The Morgan fingerprint density at radius 1 is 1.40 bits per heavy atom. The van der Waals surface area contributed by atoms with Crippen LogP contribution in [-0.2, 0) is 14.3 Å². The molecule has 1 aromatic carbocycles. The summed E-state index contributed by atoms with van der Waals surface area (Å²) in [6.45, 7) is 3.77. The number of ketones is 1. The quantitative estimate of drug-likeness (QED) is 0.791. The van der Waals surface area contributed by atoms with Crippen molar-refractivity contribution in [2.45, 2.75) is 13.8 Å². The molecule has 0 fully saturated rings. The van der Waals surface area contributed by atoms with E-state index in [1.807, 2.05) is 24.3 Å². The van der Waals surface area contributed by atoms with Crippen LogP contribution in [0.1, 0.15) is 13.8 Å². The van der Waals surface area contributed by atoms with Crippen LogP contribution in [-0.4, -0.2) is 30.6 Å². The zero-order chi connectivity index (χ0) is 14.7. The Bertz CT molecular complexity index is 554. The summed E-state index contributed by atoms with van der Waals surface area (Å²) in [5.74, 6) is -1.22. The molecule has 0 aliphatic carbocycles. The van der Waals surface area contributed by atoms with Crippen LogP contribution in [0.5, 0.6) is 0 Å². The highest BCUT2D eigenvalue weighted by Crippen LogP contribution is 2.25. The molecule has 0 unspecified atom stereocenters. The first-order chi connectivity index (χ1) is 9.52. The molecule has 106 valence electrons. The van der Waals surface area contributed by atoms with Crippen molar-refractivity contribution in [3.63, 3.8) is 0 Å². The maximum Gasteiger partial charge on any atom is 0.317 e. The highest BCUT2D eigenvalue weighted by Gasteiger charge is 2.36. The van der Waals surface area contributed by atoms with E-state index in [4.69, 9.17) is 4.74 Å². The fourth-order valence-electron chi connectivity index (χ4n) is 2.02. The lowest BCUT2D eigenvalue weighted by Crippen LogP contribution is -2.31. The minimum absolute atomic E-state index is 0.206. The molecule has 2 rings (SSSR count). The fourth-order valence-corrected chi connectivity index (χ4v) is 2.29. The smallest absolute Gasteiger partial charge is 0.317 e. The van der Waals surface area contributed by atoms with Crippen LogP contribution in [0, 0.1) is 5.92 Å². The van der Waals surface area contributed by atoms with Gasteiger partial charge in [0.25, 0.3) is 0 Å². The molecule has 20 heavy (non-hydrogen) atoms. The third-order valence-corrected chi connectivity index (χ3v) is 3.50. The monoisotopic (exact) mass is 338 g/mol. The first-order valence-electron chi connectivity index (χ1n) is 6.32. The van der Waals surface area contributed by atoms with Gasteiger partial charge in [0.05, 0.1) is 18.8 Å². The molecule has 6 heteroatoms. The van der Waals surface area contributed by atoms with Crippen LogP contribution in [0.15, 0.2) is 33.8 Å². The van der Waals surface area contributed by atoms with E-state index in [1.165, 1.54) is 6.92 Å². The van der Waals surface area contributed by atoms with Crippen molar-refractivity contribution in [1.29, 1.82) is 0 Å². The summed E-state index contributed by atoms with van der Waals surface area (Å²) < 4.78 is 5.96. The van der Waals surface area contributed by atoms with Crippen molar-refractivity contribution < 1.29 is 14.3 Å². The van der Waals surface area contributed by atoms with Gasteiger partial charge in [-0.05, 0) is 31.2 Å². The lowest BCUT2D eigenvalue weighted by atomic mass is 10.0. The van der Waals surface area contributed by atoms with Gasteiger partial charge >= 0.3 is 5.97 Å². The molecule has 1 heterocycles. The van der Waals surface area contributed by atoms with E-state index >= 15 is 0 Å². The second-order valence-corrected chi connectivity index (χ2v) is 5.32. The first-order valence-corrected chi connectivity index (χ1v) is 7.11. The number of nitrogens with zero attached hydrogens (tertiary/aromatic N) is 2. The molecule has 1 aliphatic rings. The number of esters is 1. The molecule has 0 N–H and O–H groups in total. The fraction of sp³-hybridized carbons (Fsp3) is 0.357. The van der Waals surface area contributed by atoms with Crippen molar-refractivity contribution in [3.8, 4) is 0 Å². The number of Topliss-reactive ketones (excluding diaryl/α,β-unsaturated/α-hetero) is 1. The minimum Gasteiger partial charge on any atom is -0.465 e. The Morgan fingerprint density at radius 2 is 2.05 bits per heavy atom. The number of carbonyl (C=O) groups is 2. The van der Waals surface area contributed by atoms with Crippen LogP contribution >= 0.6 is 15.9 Å². The standard InChI is InChI=1S/C14H15BrN2O3/c1-3-20-14(19)12-8-17(16-13(12)9(2)18)11-6-4-10(15)5-7-11/h4-7,12H,3,8H2,1-2H3/t12-/m1/s1. The highest BCUT2D eigenvalue weighted by atomic mass is 79.9. The molecule has 0 saturated carbocycles. The van der Waals surface area contributed by atoms with Gasteiger partial charge in [0.1, 0.15) is 11.6 Å².